The fourth-order valence-electron chi connectivity index (χ4n) is 1.75. The normalized spacial score (nSPS) is 10.2. The molecule has 1 amide bonds. The van der Waals surface area contributed by atoms with Crippen molar-refractivity contribution in [2.24, 2.45) is 0 Å². The topological polar surface area (TPSA) is 55.1 Å². The number of benzene rings is 2. The lowest BCUT2D eigenvalue weighted by molar-refractivity contribution is -0.117. The first kappa shape index (κ1) is 13.0. The van der Waals surface area contributed by atoms with Gasteiger partial charge in [0.05, 0.1) is 0 Å². The SMILES string of the molecule is Nc1cccc(-c2cc(F)ccc2NC(=O)CF)c1. The van der Waals surface area contributed by atoms with Crippen LogP contribution in [0.3, 0.4) is 0 Å². The summed E-state index contributed by atoms with van der Waals surface area (Å²) in [6.45, 7) is -1.13. The van der Waals surface area contributed by atoms with Gasteiger partial charge in [-0.1, -0.05) is 12.1 Å². The van der Waals surface area contributed by atoms with Crippen molar-refractivity contribution in [1.29, 1.82) is 0 Å². The predicted octanol–water partition coefficient (Wildman–Crippen LogP) is 2.98. The first-order valence-corrected chi connectivity index (χ1v) is 5.61. The Bertz CT molecular complexity index is 614. The number of hydrogen-bond acceptors (Lipinski definition) is 2. The summed E-state index contributed by atoms with van der Waals surface area (Å²) in [5.74, 6) is -1.23. The second-order valence-electron chi connectivity index (χ2n) is 4.00. The van der Waals surface area contributed by atoms with E-state index in [9.17, 15) is 13.6 Å². The largest absolute Gasteiger partial charge is 0.399 e. The van der Waals surface area contributed by atoms with Gasteiger partial charge in [-0.2, -0.15) is 0 Å². The summed E-state index contributed by atoms with van der Waals surface area (Å²) >= 11 is 0. The van der Waals surface area contributed by atoms with Crippen molar-refractivity contribution in [3.63, 3.8) is 0 Å². The molecule has 0 atom stereocenters. The third-order valence-electron chi connectivity index (χ3n) is 2.57. The van der Waals surface area contributed by atoms with Crippen LogP contribution in [-0.4, -0.2) is 12.6 Å². The molecule has 2 aromatic carbocycles. The van der Waals surface area contributed by atoms with E-state index in [4.69, 9.17) is 5.73 Å². The fourth-order valence-corrected chi connectivity index (χ4v) is 1.75. The van der Waals surface area contributed by atoms with Gasteiger partial charge < -0.3 is 11.1 Å². The highest BCUT2D eigenvalue weighted by Crippen LogP contribution is 2.30. The lowest BCUT2D eigenvalue weighted by Crippen LogP contribution is -2.13. The molecule has 0 aliphatic heterocycles. The van der Waals surface area contributed by atoms with Gasteiger partial charge in [-0.25, -0.2) is 8.78 Å². The van der Waals surface area contributed by atoms with Crippen LogP contribution in [0.25, 0.3) is 11.1 Å². The van der Waals surface area contributed by atoms with Gasteiger partial charge >= 0.3 is 0 Å². The lowest BCUT2D eigenvalue weighted by atomic mass is 10.0. The molecule has 0 heterocycles. The zero-order valence-corrected chi connectivity index (χ0v) is 9.99. The van der Waals surface area contributed by atoms with Gasteiger partial charge in [-0.05, 0) is 35.9 Å². The molecule has 98 valence electrons. The molecule has 0 aliphatic carbocycles. The van der Waals surface area contributed by atoms with Crippen molar-refractivity contribution in [1.82, 2.24) is 0 Å². The van der Waals surface area contributed by atoms with Crippen LogP contribution in [0.15, 0.2) is 42.5 Å². The van der Waals surface area contributed by atoms with E-state index in [1.807, 2.05) is 0 Å². The molecule has 5 heteroatoms. The molecule has 19 heavy (non-hydrogen) atoms. The van der Waals surface area contributed by atoms with E-state index in [0.29, 0.717) is 22.5 Å². The third kappa shape index (κ3) is 3.07. The number of nitrogens with two attached hydrogens (primary N) is 1. The van der Waals surface area contributed by atoms with Crippen molar-refractivity contribution in [3.8, 4) is 11.1 Å². The Morgan fingerprint density at radius 1 is 1.21 bits per heavy atom. The average Bonchev–Trinajstić information content (AvgIpc) is 2.40. The average molecular weight is 262 g/mol. The summed E-state index contributed by atoms with van der Waals surface area (Å²) in [6, 6.07) is 10.7. The Kier molecular flexibility index (Phi) is 3.75. The number of hydrogen-bond donors (Lipinski definition) is 2. The smallest absolute Gasteiger partial charge is 0.255 e. The Labute approximate surface area is 109 Å². The molecular formula is C14H12F2N2O. The van der Waals surface area contributed by atoms with E-state index < -0.39 is 18.4 Å². The van der Waals surface area contributed by atoms with Gasteiger partial charge in [0.2, 0.25) is 0 Å². The Morgan fingerprint density at radius 3 is 2.68 bits per heavy atom. The number of nitrogens with one attached hydrogen (secondary N) is 1. The molecule has 0 bridgehead atoms. The molecular weight excluding hydrogens is 250 g/mol. The Balaban J connectivity index is 2.48. The van der Waals surface area contributed by atoms with Gasteiger partial charge in [0.25, 0.3) is 5.91 Å². The Hall–Kier alpha value is -2.43. The van der Waals surface area contributed by atoms with E-state index in [-0.39, 0.29) is 0 Å². The van der Waals surface area contributed by atoms with Gasteiger partial charge in [-0.15, -0.1) is 0 Å². The van der Waals surface area contributed by atoms with Crippen LogP contribution in [0.1, 0.15) is 0 Å². The van der Waals surface area contributed by atoms with Crippen LogP contribution in [-0.2, 0) is 4.79 Å². The highest BCUT2D eigenvalue weighted by molar-refractivity contribution is 5.96. The second kappa shape index (κ2) is 5.48. The van der Waals surface area contributed by atoms with Crippen LogP contribution < -0.4 is 11.1 Å². The van der Waals surface area contributed by atoms with Crippen LogP contribution in [0.2, 0.25) is 0 Å². The highest BCUT2D eigenvalue weighted by Gasteiger charge is 2.10. The summed E-state index contributed by atoms with van der Waals surface area (Å²) in [7, 11) is 0. The van der Waals surface area contributed by atoms with Crippen LogP contribution in [0.5, 0.6) is 0 Å². The predicted molar refractivity (Wildman–Crippen MR) is 70.9 cm³/mol. The lowest BCUT2D eigenvalue weighted by Gasteiger charge is -2.11. The summed E-state index contributed by atoms with van der Waals surface area (Å²) in [5.41, 5.74) is 7.63. The molecule has 0 saturated heterocycles. The van der Waals surface area contributed by atoms with Gasteiger partial charge in [-0.3, -0.25) is 4.79 Å². The molecule has 0 aliphatic rings. The van der Waals surface area contributed by atoms with Crippen molar-refractivity contribution in [2.45, 2.75) is 0 Å². The maximum atomic E-state index is 13.3. The number of nitrogen functional groups attached to an aromatic ring is 1. The first-order chi connectivity index (χ1) is 9.10. The number of carbonyl (C=O) groups is 1. The van der Waals surface area contributed by atoms with E-state index in [2.05, 4.69) is 5.32 Å². The first-order valence-electron chi connectivity index (χ1n) is 5.61. The molecule has 0 spiro atoms. The van der Waals surface area contributed by atoms with E-state index in [1.165, 1.54) is 18.2 Å². The minimum Gasteiger partial charge on any atom is -0.399 e. The van der Waals surface area contributed by atoms with Crippen LogP contribution in [0, 0.1) is 5.82 Å². The molecule has 2 aromatic rings. The summed E-state index contributed by atoms with van der Waals surface area (Å²) < 4.78 is 25.6. The third-order valence-corrected chi connectivity index (χ3v) is 2.57. The summed E-state index contributed by atoms with van der Waals surface area (Å²) in [5, 5.41) is 2.38. The molecule has 0 radical (unpaired) electrons. The number of amides is 1. The van der Waals surface area contributed by atoms with Gasteiger partial charge in [0.1, 0.15) is 5.82 Å². The number of halogens is 2. The van der Waals surface area contributed by atoms with Crippen LogP contribution in [0.4, 0.5) is 20.2 Å². The maximum absolute atomic E-state index is 13.3. The van der Waals surface area contributed by atoms with Crippen molar-refractivity contribution >= 4 is 17.3 Å². The minimum absolute atomic E-state index is 0.342. The molecule has 0 fully saturated rings. The molecule has 2 rings (SSSR count). The molecule has 0 saturated carbocycles. The zero-order chi connectivity index (χ0) is 13.8. The number of anilines is 2. The minimum atomic E-state index is -1.13. The monoisotopic (exact) mass is 262 g/mol. The van der Waals surface area contributed by atoms with E-state index in [1.54, 1.807) is 24.3 Å². The van der Waals surface area contributed by atoms with Gasteiger partial charge in [0, 0.05) is 16.9 Å². The Morgan fingerprint density at radius 2 is 2.00 bits per heavy atom. The van der Waals surface area contributed by atoms with Crippen molar-refractivity contribution in [3.05, 3.63) is 48.3 Å². The number of alkyl halides is 1. The van der Waals surface area contributed by atoms with Gasteiger partial charge in [0.15, 0.2) is 6.67 Å². The zero-order valence-electron chi connectivity index (χ0n) is 9.99. The second-order valence-corrected chi connectivity index (χ2v) is 4.00. The van der Waals surface area contributed by atoms with Crippen molar-refractivity contribution < 1.29 is 13.6 Å². The molecule has 0 aromatic heterocycles. The summed E-state index contributed by atoms with van der Waals surface area (Å²) in [4.78, 5) is 11.1. The van der Waals surface area contributed by atoms with Crippen molar-refractivity contribution in [2.75, 3.05) is 17.7 Å². The maximum Gasteiger partial charge on any atom is 0.255 e. The highest BCUT2D eigenvalue weighted by atomic mass is 19.1. The fraction of sp³-hybridized carbons (Fsp3) is 0.0714. The summed E-state index contributed by atoms with van der Waals surface area (Å²) in [6.07, 6.45) is 0. The number of rotatable bonds is 3. The molecule has 3 N–H and O–H groups in total. The number of carbonyl (C=O) groups excluding carboxylic acids is 1. The molecule has 0 unspecified atom stereocenters. The van der Waals surface area contributed by atoms with E-state index >= 15 is 0 Å². The standard InChI is InChI=1S/C14H12F2N2O/c15-8-14(19)18-13-5-4-10(16)7-12(13)9-2-1-3-11(17)6-9/h1-7H,8,17H2,(H,18,19). The molecule has 3 nitrogen and oxygen atoms in total. The quantitative estimate of drug-likeness (QED) is 0.835. The van der Waals surface area contributed by atoms with Crippen LogP contribution >= 0.6 is 0 Å². The van der Waals surface area contributed by atoms with E-state index in [0.717, 1.165) is 0 Å².